The molecule has 0 radical (unpaired) electrons. The lowest BCUT2D eigenvalue weighted by Gasteiger charge is -2.26. The number of nitrogens with one attached hydrogen (secondary N) is 2. The van der Waals surface area contributed by atoms with E-state index < -0.39 is 11.6 Å². The summed E-state index contributed by atoms with van der Waals surface area (Å²) in [6.45, 7) is 5.53. The third kappa shape index (κ3) is 5.20. The molecule has 1 amide bonds. The second kappa shape index (κ2) is 9.91. The molecule has 5 nitrogen and oxygen atoms in total. The lowest BCUT2D eigenvalue weighted by molar-refractivity contribution is 0.0947. The van der Waals surface area contributed by atoms with E-state index in [1.165, 1.54) is 23.6 Å². The molecule has 1 fully saturated rings. The van der Waals surface area contributed by atoms with Crippen LogP contribution in [-0.2, 0) is 0 Å². The molecule has 1 saturated heterocycles. The molecule has 9 heteroatoms. The van der Waals surface area contributed by atoms with Gasteiger partial charge >= 0.3 is 0 Å². The number of aromatic nitrogens is 1. The van der Waals surface area contributed by atoms with Crippen LogP contribution < -0.4 is 10.6 Å². The second-order valence-corrected chi connectivity index (χ2v) is 6.69. The minimum Gasteiger partial charge on any atom is -0.351 e. The molecular weight excluding hydrogens is 382 g/mol. The minimum absolute atomic E-state index is 0. The number of benzene rings is 1. The predicted molar refractivity (Wildman–Crippen MR) is 101 cm³/mol. The highest BCUT2D eigenvalue weighted by Gasteiger charge is 2.17. The summed E-state index contributed by atoms with van der Waals surface area (Å²) in [4.78, 5) is 18.6. The summed E-state index contributed by atoms with van der Waals surface area (Å²) < 4.78 is 27.6. The van der Waals surface area contributed by atoms with E-state index in [0.29, 0.717) is 6.54 Å². The molecular formula is C17H21ClF2N4OS. The molecule has 2 aromatic rings. The van der Waals surface area contributed by atoms with Crippen molar-refractivity contribution < 1.29 is 13.6 Å². The van der Waals surface area contributed by atoms with E-state index in [0.717, 1.165) is 50.5 Å². The first-order chi connectivity index (χ1) is 12.1. The third-order valence-corrected chi connectivity index (χ3v) is 4.92. The molecule has 1 aromatic carbocycles. The van der Waals surface area contributed by atoms with Crippen LogP contribution in [-0.4, -0.2) is 55.1 Å². The van der Waals surface area contributed by atoms with Crippen LogP contribution in [0.3, 0.4) is 0 Å². The summed E-state index contributed by atoms with van der Waals surface area (Å²) in [6, 6.07) is 3.65. The molecule has 142 valence electrons. The van der Waals surface area contributed by atoms with Gasteiger partial charge in [-0.3, -0.25) is 4.79 Å². The zero-order valence-electron chi connectivity index (χ0n) is 14.1. The van der Waals surface area contributed by atoms with Crippen molar-refractivity contribution >= 4 is 29.7 Å². The molecule has 0 aliphatic carbocycles. The maximum absolute atomic E-state index is 13.8. The van der Waals surface area contributed by atoms with Gasteiger partial charge in [0.2, 0.25) is 0 Å². The number of hydrogen-bond acceptors (Lipinski definition) is 5. The van der Waals surface area contributed by atoms with Gasteiger partial charge in [0.25, 0.3) is 5.91 Å². The van der Waals surface area contributed by atoms with E-state index in [1.54, 1.807) is 0 Å². The number of halogens is 3. The largest absolute Gasteiger partial charge is 0.351 e. The number of thiazole rings is 1. The zero-order chi connectivity index (χ0) is 17.6. The first kappa shape index (κ1) is 20.7. The molecule has 0 bridgehead atoms. The van der Waals surface area contributed by atoms with Crippen molar-refractivity contribution in [2.24, 2.45) is 0 Å². The van der Waals surface area contributed by atoms with Crippen LogP contribution in [0.5, 0.6) is 0 Å². The summed E-state index contributed by atoms with van der Waals surface area (Å²) in [7, 11) is 0. The lowest BCUT2D eigenvalue weighted by Crippen LogP contribution is -2.44. The molecule has 26 heavy (non-hydrogen) atoms. The fourth-order valence-corrected chi connectivity index (χ4v) is 3.57. The molecule has 1 aromatic heterocycles. The van der Waals surface area contributed by atoms with Crippen LogP contribution in [0.15, 0.2) is 23.6 Å². The van der Waals surface area contributed by atoms with Gasteiger partial charge in [0.1, 0.15) is 22.3 Å². The van der Waals surface area contributed by atoms with Crippen molar-refractivity contribution in [3.63, 3.8) is 0 Å². The summed E-state index contributed by atoms with van der Waals surface area (Å²) in [5.74, 6) is -1.69. The number of hydrogen-bond donors (Lipinski definition) is 2. The van der Waals surface area contributed by atoms with Gasteiger partial charge in [-0.1, -0.05) is 6.07 Å². The Bertz CT molecular complexity index is 717. The smallest absolute Gasteiger partial charge is 0.270 e. The predicted octanol–water partition coefficient (Wildman–Crippen LogP) is 2.54. The molecule has 2 N–H and O–H groups in total. The fraction of sp³-hybridized carbons (Fsp3) is 0.412. The third-order valence-electron chi connectivity index (χ3n) is 4.06. The average Bonchev–Trinajstić information content (AvgIpc) is 3.09. The Morgan fingerprint density at radius 2 is 1.96 bits per heavy atom. The lowest BCUT2D eigenvalue weighted by atomic mass is 10.2. The quantitative estimate of drug-likeness (QED) is 0.729. The standard InChI is InChI=1S/C17H20F2N4OS.ClH/c18-12-3-1-4-13(19)15(12)17-22-14(11-25-17)16(24)21-5-2-8-23-9-6-20-7-10-23;/h1,3-4,11,20H,2,5-10H2,(H,21,24);1H. The Labute approximate surface area is 161 Å². The molecule has 3 rings (SSSR count). The maximum atomic E-state index is 13.8. The molecule has 2 heterocycles. The Kier molecular flexibility index (Phi) is 7.89. The Hall–Kier alpha value is -1.61. The minimum atomic E-state index is -0.683. The van der Waals surface area contributed by atoms with Crippen molar-refractivity contribution in [3.05, 3.63) is 40.9 Å². The molecule has 1 aliphatic heterocycles. The van der Waals surface area contributed by atoms with E-state index in [4.69, 9.17) is 0 Å². The number of rotatable bonds is 6. The first-order valence-electron chi connectivity index (χ1n) is 8.26. The van der Waals surface area contributed by atoms with Crippen LogP contribution in [0.1, 0.15) is 16.9 Å². The van der Waals surface area contributed by atoms with Crippen molar-refractivity contribution in [2.75, 3.05) is 39.3 Å². The van der Waals surface area contributed by atoms with Gasteiger partial charge in [0.05, 0.1) is 5.56 Å². The maximum Gasteiger partial charge on any atom is 0.270 e. The van der Waals surface area contributed by atoms with Gasteiger partial charge in [0.15, 0.2) is 0 Å². The first-order valence-corrected chi connectivity index (χ1v) is 9.14. The van der Waals surface area contributed by atoms with Crippen LogP contribution in [0.25, 0.3) is 10.6 Å². The van der Waals surface area contributed by atoms with Crippen LogP contribution in [0.2, 0.25) is 0 Å². The van der Waals surface area contributed by atoms with Crippen molar-refractivity contribution in [1.82, 2.24) is 20.5 Å². The summed E-state index contributed by atoms with van der Waals surface area (Å²) in [6.07, 6.45) is 0.852. The molecule has 0 spiro atoms. The van der Waals surface area contributed by atoms with Crippen LogP contribution >= 0.6 is 23.7 Å². The number of carbonyl (C=O) groups excluding carboxylic acids is 1. The van der Waals surface area contributed by atoms with Gasteiger partial charge in [-0.15, -0.1) is 23.7 Å². The van der Waals surface area contributed by atoms with Gasteiger partial charge in [-0.25, -0.2) is 13.8 Å². The molecule has 0 saturated carbocycles. The summed E-state index contributed by atoms with van der Waals surface area (Å²) in [5.41, 5.74) is -0.00455. The van der Waals surface area contributed by atoms with Gasteiger partial charge in [0, 0.05) is 38.1 Å². The monoisotopic (exact) mass is 402 g/mol. The van der Waals surface area contributed by atoms with E-state index in [9.17, 15) is 13.6 Å². The van der Waals surface area contributed by atoms with Gasteiger partial charge in [-0.05, 0) is 25.1 Å². The number of nitrogens with zero attached hydrogens (tertiary/aromatic N) is 2. The number of amides is 1. The van der Waals surface area contributed by atoms with E-state index in [2.05, 4.69) is 20.5 Å². The Morgan fingerprint density at radius 3 is 2.65 bits per heavy atom. The molecule has 1 aliphatic rings. The van der Waals surface area contributed by atoms with Crippen molar-refractivity contribution in [1.29, 1.82) is 0 Å². The number of piperazine rings is 1. The Balaban J connectivity index is 0.00000243. The summed E-state index contributed by atoms with van der Waals surface area (Å²) in [5, 5.41) is 7.79. The fourth-order valence-electron chi connectivity index (χ4n) is 2.72. The van der Waals surface area contributed by atoms with Crippen molar-refractivity contribution in [3.8, 4) is 10.6 Å². The SMILES string of the molecule is Cl.O=C(NCCCN1CCNCC1)c1csc(-c2c(F)cccc2F)n1. The van der Waals surface area contributed by atoms with Crippen LogP contribution in [0, 0.1) is 11.6 Å². The molecule has 0 atom stereocenters. The van der Waals surface area contributed by atoms with E-state index in [1.807, 2.05) is 0 Å². The van der Waals surface area contributed by atoms with Crippen molar-refractivity contribution in [2.45, 2.75) is 6.42 Å². The van der Waals surface area contributed by atoms with E-state index in [-0.39, 0.29) is 34.6 Å². The average molecular weight is 403 g/mol. The highest BCUT2D eigenvalue weighted by Crippen LogP contribution is 2.28. The van der Waals surface area contributed by atoms with E-state index >= 15 is 0 Å². The number of carbonyl (C=O) groups is 1. The normalized spacial score (nSPS) is 14.7. The van der Waals surface area contributed by atoms with Gasteiger partial charge in [-0.2, -0.15) is 0 Å². The van der Waals surface area contributed by atoms with Crippen LogP contribution in [0.4, 0.5) is 8.78 Å². The van der Waals surface area contributed by atoms with Gasteiger partial charge < -0.3 is 15.5 Å². The summed E-state index contributed by atoms with van der Waals surface area (Å²) >= 11 is 1.05. The highest BCUT2D eigenvalue weighted by atomic mass is 35.5. The zero-order valence-corrected chi connectivity index (χ0v) is 15.8. The molecule has 0 unspecified atom stereocenters. The Morgan fingerprint density at radius 1 is 1.27 bits per heavy atom. The topological polar surface area (TPSA) is 57.3 Å². The second-order valence-electron chi connectivity index (χ2n) is 5.84. The highest BCUT2D eigenvalue weighted by molar-refractivity contribution is 7.13.